The Bertz CT molecular complexity index is 1230. The SMILES string of the molecule is N#Cc1cc(C#N)cc(-n2c(-c3ccc(B(O)O)cc3)nc3ccccc32)c1. The molecule has 2 N–H and O–H groups in total. The van der Waals surface area contributed by atoms with Gasteiger partial charge >= 0.3 is 7.12 Å². The first-order chi connectivity index (χ1) is 13.6. The van der Waals surface area contributed by atoms with Crippen LogP contribution in [0.1, 0.15) is 11.1 Å². The molecule has 132 valence electrons. The lowest BCUT2D eigenvalue weighted by Gasteiger charge is -2.11. The normalized spacial score (nSPS) is 10.4. The number of imidazole rings is 1. The second-order valence-corrected chi connectivity index (χ2v) is 6.25. The number of hydrogen-bond acceptors (Lipinski definition) is 5. The average Bonchev–Trinajstić information content (AvgIpc) is 3.13. The molecule has 0 aliphatic rings. The standard InChI is InChI=1S/C21H13BN4O2/c23-12-14-9-15(13-24)11-18(10-14)26-20-4-2-1-3-19(20)25-21(26)16-5-7-17(8-6-16)22(27)28/h1-11,27-28H. The minimum Gasteiger partial charge on any atom is -0.423 e. The van der Waals surface area contributed by atoms with Gasteiger partial charge in [-0.1, -0.05) is 36.4 Å². The molecule has 0 amide bonds. The Morgan fingerprint density at radius 2 is 1.50 bits per heavy atom. The monoisotopic (exact) mass is 364 g/mol. The second-order valence-electron chi connectivity index (χ2n) is 6.25. The highest BCUT2D eigenvalue weighted by atomic mass is 16.4. The zero-order valence-corrected chi connectivity index (χ0v) is 14.6. The van der Waals surface area contributed by atoms with E-state index in [0.717, 1.165) is 16.6 Å². The first-order valence-corrected chi connectivity index (χ1v) is 8.50. The highest BCUT2D eigenvalue weighted by Crippen LogP contribution is 2.29. The van der Waals surface area contributed by atoms with Crippen molar-refractivity contribution in [3.05, 3.63) is 77.9 Å². The van der Waals surface area contributed by atoms with Crippen LogP contribution >= 0.6 is 0 Å². The van der Waals surface area contributed by atoms with E-state index >= 15 is 0 Å². The lowest BCUT2D eigenvalue weighted by atomic mass is 9.80. The van der Waals surface area contributed by atoms with E-state index in [2.05, 4.69) is 12.1 Å². The Hall–Kier alpha value is -3.91. The topological polar surface area (TPSA) is 106 Å². The molecule has 0 saturated heterocycles. The number of fused-ring (bicyclic) bond motifs is 1. The molecule has 7 heteroatoms. The quantitative estimate of drug-likeness (QED) is 0.542. The summed E-state index contributed by atoms with van der Waals surface area (Å²) in [5.41, 5.74) is 4.18. The Morgan fingerprint density at radius 1 is 0.857 bits per heavy atom. The fourth-order valence-electron chi connectivity index (χ4n) is 3.15. The third kappa shape index (κ3) is 3.02. The van der Waals surface area contributed by atoms with Crippen molar-refractivity contribution in [3.8, 4) is 29.2 Å². The highest BCUT2D eigenvalue weighted by molar-refractivity contribution is 6.58. The van der Waals surface area contributed by atoms with Crippen LogP contribution in [0, 0.1) is 22.7 Å². The molecule has 0 bridgehead atoms. The Labute approximate surface area is 161 Å². The summed E-state index contributed by atoms with van der Waals surface area (Å²) in [4.78, 5) is 4.72. The number of aromatic nitrogens is 2. The van der Waals surface area contributed by atoms with Crippen LogP contribution in [-0.4, -0.2) is 26.7 Å². The molecule has 3 aromatic carbocycles. The number of benzene rings is 3. The molecule has 0 unspecified atom stereocenters. The van der Waals surface area contributed by atoms with Gasteiger partial charge in [-0.15, -0.1) is 0 Å². The lowest BCUT2D eigenvalue weighted by Crippen LogP contribution is -2.29. The van der Waals surface area contributed by atoms with Gasteiger partial charge in [0, 0.05) is 5.56 Å². The number of nitriles is 2. The fraction of sp³-hybridized carbons (Fsp3) is 0. The molecular weight excluding hydrogens is 351 g/mol. The van der Waals surface area contributed by atoms with E-state index in [0.29, 0.717) is 28.1 Å². The molecule has 1 heterocycles. The van der Waals surface area contributed by atoms with Gasteiger partial charge in [-0.3, -0.25) is 4.57 Å². The van der Waals surface area contributed by atoms with Crippen molar-refractivity contribution in [2.75, 3.05) is 0 Å². The molecule has 28 heavy (non-hydrogen) atoms. The number of nitrogens with zero attached hydrogens (tertiary/aromatic N) is 4. The molecule has 0 radical (unpaired) electrons. The maximum atomic E-state index is 9.33. The third-order valence-corrected chi connectivity index (χ3v) is 4.46. The van der Waals surface area contributed by atoms with E-state index in [4.69, 9.17) is 4.98 Å². The number of para-hydroxylation sites is 2. The van der Waals surface area contributed by atoms with Crippen molar-refractivity contribution in [3.63, 3.8) is 0 Å². The third-order valence-electron chi connectivity index (χ3n) is 4.46. The zero-order chi connectivity index (χ0) is 19.7. The molecule has 4 rings (SSSR count). The van der Waals surface area contributed by atoms with Gasteiger partial charge in [0.1, 0.15) is 5.82 Å². The second kappa shape index (κ2) is 7.01. The van der Waals surface area contributed by atoms with Crippen molar-refractivity contribution >= 4 is 23.6 Å². The van der Waals surface area contributed by atoms with E-state index in [9.17, 15) is 20.6 Å². The van der Waals surface area contributed by atoms with Crippen LogP contribution in [0.4, 0.5) is 0 Å². The van der Waals surface area contributed by atoms with Crippen LogP contribution < -0.4 is 5.46 Å². The van der Waals surface area contributed by atoms with Crippen LogP contribution in [0.5, 0.6) is 0 Å². The molecule has 4 aromatic rings. The predicted octanol–water partition coefficient (Wildman–Crippen LogP) is 2.12. The van der Waals surface area contributed by atoms with Crippen molar-refractivity contribution in [1.29, 1.82) is 10.5 Å². The van der Waals surface area contributed by atoms with Gasteiger partial charge in [-0.2, -0.15) is 10.5 Å². The first kappa shape index (κ1) is 17.5. The van der Waals surface area contributed by atoms with Crippen molar-refractivity contribution in [1.82, 2.24) is 9.55 Å². The van der Waals surface area contributed by atoms with E-state index in [1.165, 1.54) is 0 Å². The molecule has 0 atom stereocenters. The maximum absolute atomic E-state index is 9.33. The van der Waals surface area contributed by atoms with Gasteiger partial charge in [0.05, 0.1) is 40.0 Å². The molecule has 0 fully saturated rings. The van der Waals surface area contributed by atoms with Gasteiger partial charge in [0.25, 0.3) is 0 Å². The lowest BCUT2D eigenvalue weighted by molar-refractivity contribution is 0.426. The summed E-state index contributed by atoms with van der Waals surface area (Å²) in [6.07, 6.45) is 0. The summed E-state index contributed by atoms with van der Waals surface area (Å²) in [6.45, 7) is 0. The first-order valence-electron chi connectivity index (χ1n) is 8.50. The minimum atomic E-state index is -1.54. The number of hydrogen-bond donors (Lipinski definition) is 2. The summed E-state index contributed by atoms with van der Waals surface area (Å²) < 4.78 is 1.89. The molecule has 1 aromatic heterocycles. The highest BCUT2D eigenvalue weighted by Gasteiger charge is 2.17. The van der Waals surface area contributed by atoms with Gasteiger partial charge in [0.2, 0.25) is 0 Å². The van der Waals surface area contributed by atoms with E-state index < -0.39 is 7.12 Å². The Morgan fingerprint density at radius 3 is 2.11 bits per heavy atom. The van der Waals surface area contributed by atoms with Crippen LogP contribution in [0.15, 0.2) is 66.7 Å². The average molecular weight is 364 g/mol. The summed E-state index contributed by atoms with van der Waals surface area (Å²) in [6, 6.07) is 23.5. The van der Waals surface area contributed by atoms with E-state index in [1.807, 2.05) is 28.8 Å². The summed E-state index contributed by atoms with van der Waals surface area (Å²) in [5.74, 6) is 0.624. The van der Waals surface area contributed by atoms with Crippen LogP contribution in [0.2, 0.25) is 0 Å². The van der Waals surface area contributed by atoms with Gasteiger partial charge < -0.3 is 10.0 Å². The predicted molar refractivity (Wildman–Crippen MR) is 106 cm³/mol. The van der Waals surface area contributed by atoms with Crippen molar-refractivity contribution < 1.29 is 10.0 Å². The zero-order valence-electron chi connectivity index (χ0n) is 14.6. The van der Waals surface area contributed by atoms with E-state index in [1.54, 1.807) is 42.5 Å². The summed E-state index contributed by atoms with van der Waals surface area (Å²) in [7, 11) is -1.54. The largest absolute Gasteiger partial charge is 0.488 e. The maximum Gasteiger partial charge on any atom is 0.488 e. The molecule has 0 aliphatic heterocycles. The summed E-state index contributed by atoms with van der Waals surface area (Å²) >= 11 is 0. The molecule has 0 spiro atoms. The number of rotatable bonds is 3. The summed E-state index contributed by atoms with van der Waals surface area (Å²) in [5, 5.41) is 37.3. The van der Waals surface area contributed by atoms with Crippen LogP contribution in [0.3, 0.4) is 0 Å². The van der Waals surface area contributed by atoms with Crippen molar-refractivity contribution in [2.24, 2.45) is 0 Å². The molecular formula is C21H13BN4O2. The van der Waals surface area contributed by atoms with Crippen LogP contribution in [-0.2, 0) is 0 Å². The molecule has 0 aliphatic carbocycles. The molecule has 6 nitrogen and oxygen atoms in total. The van der Waals surface area contributed by atoms with Crippen molar-refractivity contribution in [2.45, 2.75) is 0 Å². The molecule has 0 saturated carbocycles. The van der Waals surface area contributed by atoms with E-state index in [-0.39, 0.29) is 0 Å². The smallest absolute Gasteiger partial charge is 0.423 e. The van der Waals surface area contributed by atoms with Crippen LogP contribution in [0.25, 0.3) is 28.1 Å². The van der Waals surface area contributed by atoms with Gasteiger partial charge in [-0.25, -0.2) is 4.98 Å². The Kier molecular flexibility index (Phi) is 4.38. The fourth-order valence-corrected chi connectivity index (χ4v) is 3.15. The van der Waals surface area contributed by atoms with Gasteiger partial charge in [-0.05, 0) is 35.8 Å². The van der Waals surface area contributed by atoms with Gasteiger partial charge in [0.15, 0.2) is 0 Å². The minimum absolute atomic E-state index is 0.379. The Balaban J connectivity index is 2.00.